The van der Waals surface area contributed by atoms with Crippen LogP contribution in [-0.2, 0) is 0 Å². The van der Waals surface area contributed by atoms with Crippen molar-refractivity contribution < 1.29 is 15.3 Å². The van der Waals surface area contributed by atoms with Crippen molar-refractivity contribution in [3.63, 3.8) is 0 Å². The molecule has 4 fully saturated rings. The highest BCUT2D eigenvalue weighted by molar-refractivity contribution is 5.11. The molecule has 0 bridgehead atoms. The predicted molar refractivity (Wildman–Crippen MR) is 85.1 cm³/mol. The minimum absolute atomic E-state index is 0.0715. The third kappa shape index (κ3) is 1.91. The Morgan fingerprint density at radius 2 is 1.50 bits per heavy atom. The maximum absolute atomic E-state index is 10.5. The van der Waals surface area contributed by atoms with E-state index in [1.165, 1.54) is 19.3 Å². The van der Waals surface area contributed by atoms with Gasteiger partial charge in [0.15, 0.2) is 0 Å². The summed E-state index contributed by atoms with van der Waals surface area (Å²) in [6.45, 7) is 4.69. The SMILES string of the molecule is C[C@]12CC[C@H]3[C@@H](CCC4C[C@H](O)CC[C@@]43C)[C@@H]1C[C@H](O)[C@H]2O. The van der Waals surface area contributed by atoms with Crippen molar-refractivity contribution in [2.24, 2.45) is 34.5 Å². The van der Waals surface area contributed by atoms with Gasteiger partial charge in [-0.3, -0.25) is 0 Å². The number of fused-ring (bicyclic) bond motifs is 5. The van der Waals surface area contributed by atoms with Crippen molar-refractivity contribution in [2.45, 2.75) is 83.5 Å². The van der Waals surface area contributed by atoms with Gasteiger partial charge >= 0.3 is 0 Å². The molecular formula is C19H32O3. The van der Waals surface area contributed by atoms with Crippen LogP contribution in [0.5, 0.6) is 0 Å². The van der Waals surface area contributed by atoms with E-state index in [-0.39, 0.29) is 11.5 Å². The second-order valence-electron chi connectivity index (χ2n) is 9.38. The van der Waals surface area contributed by atoms with Crippen LogP contribution in [0.4, 0.5) is 0 Å². The number of aliphatic hydroxyl groups is 3. The normalized spacial score (nSPS) is 61.2. The van der Waals surface area contributed by atoms with Gasteiger partial charge < -0.3 is 15.3 Å². The van der Waals surface area contributed by atoms with Crippen LogP contribution in [0.3, 0.4) is 0 Å². The molecule has 4 aliphatic rings. The second kappa shape index (κ2) is 4.94. The smallest absolute Gasteiger partial charge is 0.0855 e. The van der Waals surface area contributed by atoms with Gasteiger partial charge in [-0.2, -0.15) is 0 Å². The van der Waals surface area contributed by atoms with E-state index in [2.05, 4.69) is 13.8 Å². The quantitative estimate of drug-likeness (QED) is 0.645. The lowest BCUT2D eigenvalue weighted by Gasteiger charge is -2.60. The van der Waals surface area contributed by atoms with Crippen LogP contribution in [0.2, 0.25) is 0 Å². The molecule has 3 heteroatoms. The van der Waals surface area contributed by atoms with E-state index in [4.69, 9.17) is 0 Å². The first-order chi connectivity index (χ1) is 10.4. The zero-order chi connectivity index (χ0) is 15.7. The number of hydrogen-bond donors (Lipinski definition) is 3. The average molecular weight is 308 g/mol. The van der Waals surface area contributed by atoms with E-state index in [0.717, 1.165) is 38.0 Å². The average Bonchev–Trinajstić information content (AvgIpc) is 2.72. The molecule has 0 aromatic carbocycles. The first-order valence-corrected chi connectivity index (χ1v) is 9.40. The summed E-state index contributed by atoms with van der Waals surface area (Å²) in [6, 6.07) is 0. The van der Waals surface area contributed by atoms with Gasteiger partial charge in [0.1, 0.15) is 0 Å². The molecule has 0 amide bonds. The molecule has 0 radical (unpaired) electrons. The summed E-state index contributed by atoms with van der Waals surface area (Å²) < 4.78 is 0. The maximum Gasteiger partial charge on any atom is 0.0855 e. The topological polar surface area (TPSA) is 60.7 Å². The maximum atomic E-state index is 10.5. The molecule has 3 N–H and O–H groups in total. The van der Waals surface area contributed by atoms with Crippen molar-refractivity contribution in [2.75, 3.05) is 0 Å². The number of rotatable bonds is 0. The van der Waals surface area contributed by atoms with Crippen LogP contribution in [-0.4, -0.2) is 33.6 Å². The molecule has 126 valence electrons. The van der Waals surface area contributed by atoms with Gasteiger partial charge in [-0.15, -0.1) is 0 Å². The zero-order valence-corrected chi connectivity index (χ0v) is 14.0. The fourth-order valence-corrected chi connectivity index (χ4v) is 7.22. The van der Waals surface area contributed by atoms with Crippen LogP contribution in [0.1, 0.15) is 65.2 Å². The molecule has 9 atom stereocenters. The van der Waals surface area contributed by atoms with Crippen molar-refractivity contribution in [1.29, 1.82) is 0 Å². The molecule has 0 saturated heterocycles. The highest BCUT2D eigenvalue weighted by Crippen LogP contribution is 2.66. The molecule has 0 heterocycles. The fourth-order valence-electron chi connectivity index (χ4n) is 7.22. The summed E-state index contributed by atoms with van der Waals surface area (Å²) in [5.74, 6) is 2.57. The Kier molecular flexibility index (Phi) is 3.46. The molecule has 0 aliphatic heterocycles. The molecular weight excluding hydrogens is 276 g/mol. The Balaban J connectivity index is 1.63. The van der Waals surface area contributed by atoms with Crippen molar-refractivity contribution >= 4 is 0 Å². The zero-order valence-electron chi connectivity index (χ0n) is 14.0. The Labute approximate surface area is 134 Å². The summed E-state index contributed by atoms with van der Waals surface area (Å²) in [5, 5.41) is 30.8. The summed E-state index contributed by atoms with van der Waals surface area (Å²) in [5.41, 5.74) is 0.305. The minimum Gasteiger partial charge on any atom is -0.393 e. The predicted octanol–water partition coefficient (Wildman–Crippen LogP) is 2.72. The molecule has 4 rings (SSSR count). The van der Waals surface area contributed by atoms with Crippen LogP contribution in [0, 0.1) is 34.5 Å². The Morgan fingerprint density at radius 1 is 0.773 bits per heavy atom. The first kappa shape index (κ1) is 15.4. The lowest BCUT2D eigenvalue weighted by molar-refractivity contribution is -0.135. The molecule has 0 spiro atoms. The summed E-state index contributed by atoms with van der Waals surface area (Å²) in [7, 11) is 0. The number of hydrogen-bond acceptors (Lipinski definition) is 3. The third-order valence-electron chi connectivity index (χ3n) is 8.61. The van der Waals surface area contributed by atoms with Crippen molar-refractivity contribution in [3.8, 4) is 0 Å². The Bertz CT molecular complexity index is 452. The van der Waals surface area contributed by atoms with E-state index in [0.29, 0.717) is 23.2 Å². The standard InChI is InChI=1S/C19H32O3/c1-18-7-5-12(20)9-11(18)3-4-13-14(18)6-8-19(2)15(13)10-16(21)17(19)22/h11-17,20-22H,3-10H2,1-2H3/t11?,12-,13-,14+,15+,16+,17-,18+,19+/m1/s1. The molecule has 22 heavy (non-hydrogen) atoms. The Hall–Kier alpha value is -0.120. The molecule has 3 nitrogen and oxygen atoms in total. The minimum atomic E-state index is -0.530. The van der Waals surface area contributed by atoms with Crippen LogP contribution < -0.4 is 0 Å². The van der Waals surface area contributed by atoms with E-state index in [1.807, 2.05) is 0 Å². The van der Waals surface area contributed by atoms with Crippen molar-refractivity contribution in [1.82, 2.24) is 0 Å². The van der Waals surface area contributed by atoms with E-state index >= 15 is 0 Å². The summed E-state index contributed by atoms with van der Waals surface area (Å²) in [6.07, 6.45) is 7.49. The van der Waals surface area contributed by atoms with E-state index in [9.17, 15) is 15.3 Å². The molecule has 4 saturated carbocycles. The fraction of sp³-hybridized carbons (Fsp3) is 1.00. The lowest BCUT2D eigenvalue weighted by Crippen LogP contribution is -2.54. The number of aliphatic hydroxyl groups excluding tert-OH is 3. The summed E-state index contributed by atoms with van der Waals surface area (Å²) >= 11 is 0. The second-order valence-corrected chi connectivity index (χ2v) is 9.38. The third-order valence-corrected chi connectivity index (χ3v) is 8.61. The molecule has 0 aromatic heterocycles. The van der Waals surface area contributed by atoms with E-state index in [1.54, 1.807) is 0 Å². The van der Waals surface area contributed by atoms with Gasteiger partial charge in [-0.05, 0) is 85.9 Å². The van der Waals surface area contributed by atoms with Gasteiger partial charge in [0.25, 0.3) is 0 Å². The van der Waals surface area contributed by atoms with Gasteiger partial charge in [-0.1, -0.05) is 13.8 Å². The van der Waals surface area contributed by atoms with Crippen LogP contribution in [0.15, 0.2) is 0 Å². The van der Waals surface area contributed by atoms with Crippen molar-refractivity contribution in [3.05, 3.63) is 0 Å². The monoisotopic (exact) mass is 308 g/mol. The van der Waals surface area contributed by atoms with Gasteiger partial charge in [0, 0.05) is 0 Å². The summed E-state index contributed by atoms with van der Waals surface area (Å²) in [4.78, 5) is 0. The first-order valence-electron chi connectivity index (χ1n) is 9.40. The van der Waals surface area contributed by atoms with Gasteiger partial charge in [0.05, 0.1) is 18.3 Å². The van der Waals surface area contributed by atoms with E-state index < -0.39 is 12.2 Å². The highest BCUT2D eigenvalue weighted by Gasteiger charge is 2.61. The van der Waals surface area contributed by atoms with Gasteiger partial charge in [-0.25, -0.2) is 0 Å². The molecule has 1 unspecified atom stereocenters. The lowest BCUT2D eigenvalue weighted by atomic mass is 9.45. The molecule has 4 aliphatic carbocycles. The molecule has 0 aromatic rings. The largest absolute Gasteiger partial charge is 0.393 e. The Morgan fingerprint density at radius 3 is 2.27 bits per heavy atom. The highest BCUT2D eigenvalue weighted by atomic mass is 16.3. The van der Waals surface area contributed by atoms with Crippen LogP contribution >= 0.6 is 0 Å². The van der Waals surface area contributed by atoms with Crippen LogP contribution in [0.25, 0.3) is 0 Å². The van der Waals surface area contributed by atoms with Gasteiger partial charge in [0.2, 0.25) is 0 Å².